The number of hydrogen-bond donors (Lipinski definition) is 1. The van der Waals surface area contributed by atoms with Crippen molar-refractivity contribution in [2.24, 2.45) is 0 Å². The smallest absolute Gasteiger partial charge is 0.507 e. The number of alkyl halides is 3. The van der Waals surface area contributed by atoms with E-state index < -0.39 is 6.36 Å². The van der Waals surface area contributed by atoms with Crippen molar-refractivity contribution in [3.8, 4) is 22.8 Å². The molecule has 0 saturated heterocycles. The number of phenols is 1. The van der Waals surface area contributed by atoms with Crippen molar-refractivity contribution < 1.29 is 23.0 Å². The number of phenolic OH excluding ortho intramolecular Hbond substituents is 1. The van der Waals surface area contributed by atoms with Gasteiger partial charge in [-0.15, -0.1) is 13.2 Å². The Labute approximate surface area is 174 Å². The highest BCUT2D eigenvalue weighted by Crippen LogP contribution is 2.37. The zero-order valence-electron chi connectivity index (χ0n) is 15.6. The van der Waals surface area contributed by atoms with E-state index in [1.165, 1.54) is 12.1 Å². The quantitative estimate of drug-likeness (QED) is 0.447. The van der Waals surface area contributed by atoms with Crippen LogP contribution in [0.4, 0.5) is 13.2 Å². The SMILES string of the molecule is Cc1c(-c2cnn(Cc3ccc(OC(F)(F)F)cc3)c2)nc2cccc(O)c2c1Cl. The van der Waals surface area contributed by atoms with Crippen molar-refractivity contribution in [2.75, 3.05) is 0 Å². The Morgan fingerprint density at radius 2 is 1.87 bits per heavy atom. The number of fused-ring (bicyclic) bond motifs is 1. The molecular formula is C21H15ClF3N3O2. The average Bonchev–Trinajstić information content (AvgIpc) is 3.13. The van der Waals surface area contributed by atoms with Crippen molar-refractivity contribution in [1.82, 2.24) is 14.8 Å². The van der Waals surface area contributed by atoms with Gasteiger partial charge in [-0.2, -0.15) is 5.10 Å². The van der Waals surface area contributed by atoms with Crippen molar-refractivity contribution in [3.05, 3.63) is 71.0 Å². The second kappa shape index (κ2) is 7.53. The monoisotopic (exact) mass is 433 g/mol. The van der Waals surface area contributed by atoms with Crippen molar-refractivity contribution in [3.63, 3.8) is 0 Å². The number of ether oxygens (including phenoxy) is 1. The van der Waals surface area contributed by atoms with Gasteiger partial charge in [-0.1, -0.05) is 29.8 Å². The van der Waals surface area contributed by atoms with Gasteiger partial charge in [-0.3, -0.25) is 4.68 Å². The second-order valence-corrected chi connectivity index (χ2v) is 7.07. The summed E-state index contributed by atoms with van der Waals surface area (Å²) in [5, 5.41) is 15.3. The molecule has 0 unspecified atom stereocenters. The Kier molecular flexibility index (Phi) is 5.03. The molecule has 9 heteroatoms. The number of hydrogen-bond acceptors (Lipinski definition) is 4. The minimum atomic E-state index is -4.72. The van der Waals surface area contributed by atoms with Crippen LogP contribution in [0.5, 0.6) is 11.5 Å². The van der Waals surface area contributed by atoms with Crippen molar-refractivity contribution in [2.45, 2.75) is 19.8 Å². The Morgan fingerprint density at radius 3 is 2.57 bits per heavy atom. The van der Waals surface area contributed by atoms with E-state index in [9.17, 15) is 18.3 Å². The van der Waals surface area contributed by atoms with Crippen molar-refractivity contribution >= 4 is 22.5 Å². The van der Waals surface area contributed by atoms with Crippen LogP contribution in [-0.4, -0.2) is 26.2 Å². The third-order valence-electron chi connectivity index (χ3n) is 4.56. The Morgan fingerprint density at radius 1 is 1.13 bits per heavy atom. The van der Waals surface area contributed by atoms with Crippen LogP contribution in [0, 0.1) is 6.92 Å². The van der Waals surface area contributed by atoms with E-state index in [1.54, 1.807) is 47.4 Å². The first-order chi connectivity index (χ1) is 14.2. The summed E-state index contributed by atoms with van der Waals surface area (Å²) in [7, 11) is 0. The maximum absolute atomic E-state index is 12.3. The summed E-state index contributed by atoms with van der Waals surface area (Å²) in [4.78, 5) is 4.61. The van der Waals surface area contributed by atoms with Crippen LogP contribution in [0.2, 0.25) is 5.02 Å². The molecule has 0 atom stereocenters. The van der Waals surface area contributed by atoms with Gasteiger partial charge in [0.2, 0.25) is 0 Å². The maximum Gasteiger partial charge on any atom is 0.573 e. The predicted octanol–water partition coefficient (Wildman–Crippen LogP) is 5.71. The summed E-state index contributed by atoms with van der Waals surface area (Å²) in [5.74, 6) is -0.213. The standard InChI is InChI=1S/C21H15ClF3N3O2/c1-12-19(22)18-16(3-2-4-17(18)29)27-20(12)14-9-26-28(11-14)10-13-5-7-15(8-6-13)30-21(23,24)25/h2-9,11,29H,10H2,1H3. The van der Waals surface area contributed by atoms with E-state index in [0.29, 0.717) is 33.7 Å². The fraction of sp³-hybridized carbons (Fsp3) is 0.143. The molecule has 154 valence electrons. The molecule has 0 radical (unpaired) electrons. The van der Waals surface area contributed by atoms with Gasteiger partial charge in [0.1, 0.15) is 11.5 Å². The lowest BCUT2D eigenvalue weighted by Crippen LogP contribution is -2.17. The highest BCUT2D eigenvalue weighted by atomic mass is 35.5. The number of aromatic hydroxyl groups is 1. The largest absolute Gasteiger partial charge is 0.573 e. The van der Waals surface area contributed by atoms with Gasteiger partial charge in [0.25, 0.3) is 0 Å². The number of halogens is 4. The highest BCUT2D eigenvalue weighted by Gasteiger charge is 2.30. The van der Waals surface area contributed by atoms with Crippen LogP contribution < -0.4 is 4.74 Å². The van der Waals surface area contributed by atoms with Crippen LogP contribution in [0.15, 0.2) is 54.9 Å². The first kappa shape index (κ1) is 20.0. The molecule has 30 heavy (non-hydrogen) atoms. The molecule has 0 amide bonds. The van der Waals surface area contributed by atoms with Crippen molar-refractivity contribution in [1.29, 1.82) is 0 Å². The Bertz CT molecular complexity index is 1220. The Hall–Kier alpha value is -3.26. The lowest BCUT2D eigenvalue weighted by molar-refractivity contribution is -0.274. The summed E-state index contributed by atoms with van der Waals surface area (Å²) < 4.78 is 42.3. The first-order valence-electron chi connectivity index (χ1n) is 8.86. The van der Waals surface area contributed by atoms with Gasteiger partial charge in [0, 0.05) is 11.8 Å². The van der Waals surface area contributed by atoms with E-state index in [0.717, 1.165) is 11.1 Å². The van der Waals surface area contributed by atoms with E-state index in [1.807, 2.05) is 6.92 Å². The maximum atomic E-state index is 12.3. The van der Waals surface area contributed by atoms with Crippen LogP contribution in [0.25, 0.3) is 22.2 Å². The molecule has 4 rings (SSSR count). The molecule has 0 bridgehead atoms. The van der Waals surface area contributed by atoms with Gasteiger partial charge < -0.3 is 9.84 Å². The first-order valence-corrected chi connectivity index (χ1v) is 9.24. The lowest BCUT2D eigenvalue weighted by atomic mass is 10.1. The Balaban J connectivity index is 1.60. The molecule has 2 heterocycles. The van der Waals surface area contributed by atoms with Gasteiger partial charge >= 0.3 is 6.36 Å². The number of benzene rings is 2. The fourth-order valence-corrected chi connectivity index (χ4v) is 3.46. The molecule has 0 fully saturated rings. The van der Waals surface area contributed by atoms with E-state index in [2.05, 4.69) is 14.8 Å². The summed E-state index contributed by atoms with van der Waals surface area (Å²) in [6.07, 6.45) is -1.30. The molecule has 0 aliphatic heterocycles. The highest BCUT2D eigenvalue weighted by molar-refractivity contribution is 6.37. The van der Waals surface area contributed by atoms with Crippen LogP contribution in [0.1, 0.15) is 11.1 Å². The third kappa shape index (κ3) is 4.04. The van der Waals surface area contributed by atoms with E-state index in [4.69, 9.17) is 11.6 Å². The minimum absolute atomic E-state index is 0.0632. The number of pyridine rings is 1. The molecular weight excluding hydrogens is 419 g/mol. The van der Waals surface area contributed by atoms with Crippen LogP contribution in [-0.2, 0) is 6.54 Å². The molecule has 5 nitrogen and oxygen atoms in total. The molecule has 0 aliphatic carbocycles. The molecule has 1 N–H and O–H groups in total. The summed E-state index contributed by atoms with van der Waals surface area (Å²) >= 11 is 6.46. The molecule has 0 spiro atoms. The zero-order chi connectivity index (χ0) is 21.5. The van der Waals surface area contributed by atoms with Crippen LogP contribution >= 0.6 is 11.6 Å². The fourth-order valence-electron chi connectivity index (χ4n) is 3.18. The number of aromatic nitrogens is 3. The lowest BCUT2D eigenvalue weighted by Gasteiger charge is -2.10. The number of nitrogens with zero attached hydrogens (tertiary/aromatic N) is 3. The normalized spacial score (nSPS) is 11.8. The topological polar surface area (TPSA) is 60.2 Å². The third-order valence-corrected chi connectivity index (χ3v) is 5.04. The summed E-state index contributed by atoms with van der Waals surface area (Å²) in [6, 6.07) is 10.6. The molecule has 4 aromatic rings. The van der Waals surface area contributed by atoms with E-state index in [-0.39, 0.29) is 11.5 Å². The molecule has 2 aromatic heterocycles. The summed E-state index contributed by atoms with van der Waals surface area (Å²) in [5.41, 5.74) is 3.40. The number of rotatable bonds is 4. The van der Waals surface area contributed by atoms with Crippen LogP contribution in [0.3, 0.4) is 0 Å². The van der Waals surface area contributed by atoms with E-state index >= 15 is 0 Å². The molecule has 2 aromatic carbocycles. The van der Waals surface area contributed by atoms with Gasteiger partial charge in [0.15, 0.2) is 0 Å². The summed E-state index contributed by atoms with van der Waals surface area (Å²) in [6.45, 7) is 2.17. The minimum Gasteiger partial charge on any atom is -0.507 e. The zero-order valence-corrected chi connectivity index (χ0v) is 16.4. The predicted molar refractivity (Wildman–Crippen MR) is 107 cm³/mol. The molecule has 0 saturated carbocycles. The average molecular weight is 434 g/mol. The van der Waals surface area contributed by atoms with Gasteiger partial charge in [-0.05, 0) is 42.3 Å². The second-order valence-electron chi connectivity index (χ2n) is 6.69. The van der Waals surface area contributed by atoms with Gasteiger partial charge in [-0.25, -0.2) is 4.98 Å². The van der Waals surface area contributed by atoms with Gasteiger partial charge in [0.05, 0.1) is 34.4 Å². The molecule has 0 aliphatic rings.